The lowest BCUT2D eigenvalue weighted by Crippen LogP contribution is -2.46. The number of carboxylic acid groups (broad SMARTS) is 1. The fourth-order valence-corrected chi connectivity index (χ4v) is 5.63. The van der Waals surface area contributed by atoms with Gasteiger partial charge >= 0.3 is 5.97 Å². The van der Waals surface area contributed by atoms with Crippen molar-refractivity contribution in [1.82, 2.24) is 14.4 Å². The monoisotopic (exact) mass is 546 g/mol. The number of ether oxygens (including phenoxy) is 3. The van der Waals surface area contributed by atoms with Gasteiger partial charge in [0.1, 0.15) is 0 Å². The highest BCUT2D eigenvalue weighted by molar-refractivity contribution is 5.79. The van der Waals surface area contributed by atoms with Crippen LogP contribution in [0.15, 0.2) is 24.3 Å². The van der Waals surface area contributed by atoms with Gasteiger partial charge in [0.2, 0.25) is 18.4 Å². The maximum absolute atomic E-state index is 13.4. The number of unbranched alkanes of at least 4 members (excludes halogenated alkanes) is 1. The summed E-state index contributed by atoms with van der Waals surface area (Å²) < 4.78 is 17.9. The number of methoxy groups -OCH3 is 1. The van der Waals surface area contributed by atoms with Crippen LogP contribution in [0.2, 0.25) is 0 Å². The van der Waals surface area contributed by atoms with Gasteiger partial charge in [-0.25, -0.2) is 0 Å². The van der Waals surface area contributed by atoms with E-state index in [2.05, 4.69) is 6.92 Å². The minimum atomic E-state index is -0.998. The molecule has 12 heteroatoms. The Morgan fingerprint density at radius 2 is 1.92 bits per heavy atom. The third-order valence-corrected chi connectivity index (χ3v) is 7.60. The van der Waals surface area contributed by atoms with Crippen LogP contribution >= 0.6 is 0 Å². The maximum atomic E-state index is 13.4. The SMILES string of the molecule is CCCCN(CCN)C(=O)CN1C[C@H](c2cc(OC)c3c(c2)OCO3)[C@@H](C(=O)O)[C@@H]1CCn1c(O)ccc1O. The van der Waals surface area contributed by atoms with Crippen molar-refractivity contribution in [3.8, 4) is 29.0 Å². The van der Waals surface area contributed by atoms with E-state index in [0.29, 0.717) is 49.0 Å². The molecule has 5 N–H and O–H groups in total. The van der Waals surface area contributed by atoms with Crippen LogP contribution in [-0.2, 0) is 16.1 Å². The van der Waals surface area contributed by atoms with Crippen molar-refractivity contribution in [1.29, 1.82) is 0 Å². The summed E-state index contributed by atoms with van der Waals surface area (Å²) in [5, 5.41) is 30.7. The molecule has 2 aliphatic heterocycles. The molecule has 0 saturated carbocycles. The number of amides is 1. The summed E-state index contributed by atoms with van der Waals surface area (Å²) in [6.07, 6.45) is 2.06. The number of hydrogen-bond acceptors (Lipinski definition) is 9. The molecule has 2 aliphatic rings. The Bertz CT molecular complexity index is 1150. The topological polar surface area (TPSA) is 160 Å². The van der Waals surface area contributed by atoms with Crippen LogP contribution in [0.4, 0.5) is 0 Å². The van der Waals surface area contributed by atoms with Gasteiger partial charge in [-0.3, -0.25) is 19.1 Å². The van der Waals surface area contributed by atoms with Crippen LogP contribution in [0, 0.1) is 5.92 Å². The normalized spacial score (nSPS) is 20.3. The summed E-state index contributed by atoms with van der Waals surface area (Å²) >= 11 is 0. The number of aliphatic carboxylic acids is 1. The van der Waals surface area contributed by atoms with Gasteiger partial charge in [-0.2, -0.15) is 0 Å². The minimum absolute atomic E-state index is 0.0278. The zero-order valence-electron chi connectivity index (χ0n) is 22.4. The van der Waals surface area contributed by atoms with E-state index in [1.807, 2.05) is 4.90 Å². The molecule has 0 bridgehead atoms. The lowest BCUT2D eigenvalue weighted by molar-refractivity contribution is -0.144. The summed E-state index contributed by atoms with van der Waals surface area (Å²) in [5.74, 6) is -1.30. The first-order valence-electron chi connectivity index (χ1n) is 13.3. The second-order valence-corrected chi connectivity index (χ2v) is 9.94. The predicted molar refractivity (Wildman–Crippen MR) is 141 cm³/mol. The first-order chi connectivity index (χ1) is 18.8. The van der Waals surface area contributed by atoms with Crippen molar-refractivity contribution in [2.24, 2.45) is 11.7 Å². The third-order valence-electron chi connectivity index (χ3n) is 7.60. The molecule has 2 aromatic rings. The molecule has 39 heavy (non-hydrogen) atoms. The second-order valence-electron chi connectivity index (χ2n) is 9.94. The van der Waals surface area contributed by atoms with E-state index in [0.717, 1.165) is 12.8 Å². The molecule has 4 rings (SSSR count). The van der Waals surface area contributed by atoms with Crippen molar-refractivity contribution >= 4 is 11.9 Å². The predicted octanol–water partition coefficient (Wildman–Crippen LogP) is 1.78. The van der Waals surface area contributed by atoms with Gasteiger partial charge in [0.15, 0.2) is 23.3 Å². The van der Waals surface area contributed by atoms with Gasteiger partial charge in [-0.15, -0.1) is 0 Å². The molecule has 1 fully saturated rings. The van der Waals surface area contributed by atoms with Crippen LogP contribution in [0.25, 0.3) is 0 Å². The number of benzene rings is 1. The van der Waals surface area contributed by atoms with Crippen LogP contribution < -0.4 is 19.9 Å². The number of rotatable bonds is 13. The smallest absolute Gasteiger partial charge is 0.308 e. The number of nitrogens with zero attached hydrogens (tertiary/aromatic N) is 3. The molecule has 1 aromatic carbocycles. The Hall–Kier alpha value is -3.64. The van der Waals surface area contributed by atoms with Gasteiger partial charge in [0.25, 0.3) is 0 Å². The van der Waals surface area contributed by atoms with Gasteiger partial charge in [-0.05, 0) is 30.5 Å². The molecule has 214 valence electrons. The summed E-state index contributed by atoms with van der Waals surface area (Å²) in [5.41, 5.74) is 6.48. The Morgan fingerprint density at radius 1 is 1.18 bits per heavy atom. The molecule has 0 aliphatic carbocycles. The number of aromatic hydroxyl groups is 2. The molecule has 12 nitrogen and oxygen atoms in total. The van der Waals surface area contributed by atoms with E-state index >= 15 is 0 Å². The van der Waals surface area contributed by atoms with Crippen molar-refractivity contribution < 1.29 is 39.1 Å². The van der Waals surface area contributed by atoms with Crippen LogP contribution in [0.5, 0.6) is 29.0 Å². The Balaban J connectivity index is 1.66. The van der Waals surface area contributed by atoms with Gasteiger partial charge in [-0.1, -0.05) is 13.3 Å². The maximum Gasteiger partial charge on any atom is 0.308 e. The first kappa shape index (κ1) is 28.4. The van der Waals surface area contributed by atoms with Crippen LogP contribution in [0.3, 0.4) is 0 Å². The second kappa shape index (κ2) is 12.5. The Kier molecular flexibility index (Phi) is 9.08. The zero-order chi connectivity index (χ0) is 28.1. The summed E-state index contributed by atoms with van der Waals surface area (Å²) in [4.78, 5) is 29.8. The number of nitrogens with two attached hydrogens (primary N) is 1. The number of likely N-dealkylation sites (tertiary alicyclic amines) is 1. The van der Waals surface area contributed by atoms with Crippen LogP contribution in [0.1, 0.15) is 37.7 Å². The van der Waals surface area contributed by atoms with Crippen LogP contribution in [-0.4, -0.2) is 94.2 Å². The molecule has 1 aromatic heterocycles. The molecule has 1 amide bonds. The molecule has 1 saturated heterocycles. The highest BCUT2D eigenvalue weighted by Gasteiger charge is 2.47. The van der Waals surface area contributed by atoms with E-state index in [-0.39, 0.29) is 44.0 Å². The minimum Gasteiger partial charge on any atom is -0.494 e. The fourth-order valence-electron chi connectivity index (χ4n) is 5.63. The number of aromatic nitrogens is 1. The van der Waals surface area contributed by atoms with E-state index in [4.69, 9.17) is 19.9 Å². The van der Waals surface area contributed by atoms with Crippen molar-refractivity contribution in [2.45, 2.75) is 44.7 Å². The lowest BCUT2D eigenvalue weighted by Gasteiger charge is -2.29. The molecule has 3 atom stereocenters. The summed E-state index contributed by atoms with van der Waals surface area (Å²) in [6.45, 7) is 3.95. The van der Waals surface area contributed by atoms with Crippen molar-refractivity contribution in [2.75, 3.05) is 46.6 Å². The summed E-state index contributed by atoms with van der Waals surface area (Å²) in [6, 6.07) is 5.74. The van der Waals surface area contributed by atoms with E-state index in [1.54, 1.807) is 17.0 Å². The lowest BCUT2D eigenvalue weighted by atomic mass is 9.84. The number of carboxylic acids is 1. The molecule has 0 radical (unpaired) electrons. The number of carbonyl (C=O) groups excluding carboxylic acids is 1. The van der Waals surface area contributed by atoms with E-state index in [9.17, 15) is 24.9 Å². The molecular formula is C27H38N4O8. The average molecular weight is 547 g/mol. The Labute approximate surface area is 227 Å². The highest BCUT2D eigenvalue weighted by Crippen LogP contribution is 2.47. The fraction of sp³-hybridized carbons (Fsp3) is 0.556. The molecule has 3 heterocycles. The van der Waals surface area contributed by atoms with Crippen molar-refractivity contribution in [3.05, 3.63) is 29.8 Å². The first-order valence-corrected chi connectivity index (χ1v) is 13.3. The highest BCUT2D eigenvalue weighted by atomic mass is 16.7. The number of hydrogen-bond donors (Lipinski definition) is 4. The molecular weight excluding hydrogens is 508 g/mol. The van der Waals surface area contributed by atoms with Gasteiger partial charge < -0.3 is 40.2 Å². The summed E-state index contributed by atoms with van der Waals surface area (Å²) in [7, 11) is 1.51. The van der Waals surface area contributed by atoms with Crippen molar-refractivity contribution in [3.63, 3.8) is 0 Å². The standard InChI is InChI=1S/C27H38N4O8/c1-3-4-9-29(11-8-28)24(34)15-30-14-18(17-12-20(37-2)26-21(13-17)38-16-39-26)25(27(35)36)19(30)7-10-31-22(32)5-6-23(31)33/h5-6,12-13,18-19,25,32-33H,3-4,7-11,14-16,28H2,1-2H3,(H,35,36)/t18-,19+,25-/m1/s1. The third kappa shape index (κ3) is 6.01. The number of fused-ring (bicyclic) bond motifs is 1. The quantitative estimate of drug-likeness (QED) is 0.292. The Morgan fingerprint density at radius 3 is 2.56 bits per heavy atom. The zero-order valence-corrected chi connectivity index (χ0v) is 22.4. The van der Waals surface area contributed by atoms with Gasteiger partial charge in [0, 0.05) is 56.8 Å². The van der Waals surface area contributed by atoms with E-state index < -0.39 is 23.8 Å². The van der Waals surface area contributed by atoms with E-state index in [1.165, 1.54) is 23.8 Å². The largest absolute Gasteiger partial charge is 0.494 e. The average Bonchev–Trinajstić information content (AvgIpc) is 3.62. The van der Waals surface area contributed by atoms with Gasteiger partial charge in [0.05, 0.1) is 19.6 Å². The molecule has 0 unspecified atom stereocenters. The molecule has 0 spiro atoms. The number of carbonyl (C=O) groups is 2.